The molecule has 1 aromatic carbocycles. The first kappa shape index (κ1) is 19.8. The first-order valence-corrected chi connectivity index (χ1v) is 9.30. The highest BCUT2D eigenvalue weighted by Crippen LogP contribution is 2.57. The highest BCUT2D eigenvalue weighted by atomic mass is 16.5. The van der Waals surface area contributed by atoms with E-state index in [1.807, 2.05) is 35.2 Å². The fourth-order valence-corrected chi connectivity index (χ4v) is 4.25. The molecule has 0 unspecified atom stereocenters. The highest BCUT2D eigenvalue weighted by molar-refractivity contribution is 6.04. The number of fused-ring (bicyclic) bond motifs is 5. The molecule has 0 aliphatic carbocycles. The first-order valence-electron chi connectivity index (χ1n) is 9.30. The monoisotopic (exact) mass is 408 g/mol. The third-order valence-corrected chi connectivity index (χ3v) is 5.47. The van der Waals surface area contributed by atoms with Crippen LogP contribution < -0.4 is 0 Å². The third kappa shape index (κ3) is 2.96. The minimum atomic E-state index is -0.608. The van der Waals surface area contributed by atoms with Crippen molar-refractivity contribution in [2.75, 3.05) is 21.3 Å². The maximum absolute atomic E-state index is 12.7. The van der Waals surface area contributed by atoms with Crippen molar-refractivity contribution in [2.45, 2.75) is 18.6 Å². The van der Waals surface area contributed by atoms with Crippen molar-refractivity contribution < 1.29 is 28.6 Å². The van der Waals surface area contributed by atoms with E-state index in [1.165, 1.54) is 21.3 Å². The van der Waals surface area contributed by atoms with E-state index in [2.05, 4.69) is 4.98 Å². The van der Waals surface area contributed by atoms with Crippen LogP contribution in [0.15, 0.2) is 53.7 Å². The molecule has 0 saturated carbocycles. The Morgan fingerprint density at radius 1 is 0.867 bits per heavy atom. The fraction of sp³-hybridized carbons (Fsp3) is 0.273. The zero-order valence-corrected chi connectivity index (χ0v) is 16.7. The molecule has 0 saturated heterocycles. The number of hydrogen-bond acceptors (Lipinski definition) is 8. The van der Waals surface area contributed by atoms with Crippen LogP contribution in [0.4, 0.5) is 0 Å². The minimum Gasteiger partial charge on any atom is -0.466 e. The number of aromatic nitrogens is 1. The van der Waals surface area contributed by atoms with Crippen LogP contribution in [0.2, 0.25) is 0 Å². The van der Waals surface area contributed by atoms with Crippen LogP contribution in [0.5, 0.6) is 0 Å². The smallest absolute Gasteiger partial charge is 0.356 e. The molecule has 2 aliphatic heterocycles. The molecule has 3 heterocycles. The number of rotatable bonds is 5. The molecule has 0 N–H and O–H groups in total. The predicted octanol–water partition coefficient (Wildman–Crippen LogP) is 2.12. The van der Waals surface area contributed by atoms with Gasteiger partial charge in [-0.3, -0.25) is 4.90 Å². The van der Waals surface area contributed by atoms with Crippen LogP contribution in [-0.2, 0) is 30.3 Å². The molecule has 2 atom stereocenters. The van der Waals surface area contributed by atoms with Crippen LogP contribution in [0.25, 0.3) is 0 Å². The number of methoxy groups -OCH3 is 3. The predicted molar refractivity (Wildman–Crippen MR) is 104 cm³/mol. The summed E-state index contributed by atoms with van der Waals surface area (Å²) in [5.41, 5.74) is 3.07. The molecule has 2 bridgehead atoms. The van der Waals surface area contributed by atoms with Crippen LogP contribution in [0.3, 0.4) is 0 Å². The van der Waals surface area contributed by atoms with Crippen LogP contribution in [0.1, 0.15) is 39.3 Å². The summed E-state index contributed by atoms with van der Waals surface area (Å²) in [5, 5.41) is 0. The number of carbonyl (C=O) groups excluding carboxylic acids is 3. The molecule has 0 radical (unpaired) electrons. The van der Waals surface area contributed by atoms with E-state index in [0.717, 1.165) is 16.7 Å². The second kappa shape index (κ2) is 7.72. The van der Waals surface area contributed by atoms with Crippen LogP contribution in [0, 0.1) is 0 Å². The quantitative estimate of drug-likeness (QED) is 0.549. The average molecular weight is 408 g/mol. The molecule has 30 heavy (non-hydrogen) atoms. The van der Waals surface area contributed by atoms with Gasteiger partial charge in [0.1, 0.15) is 5.69 Å². The van der Waals surface area contributed by atoms with E-state index in [1.54, 1.807) is 12.3 Å². The lowest BCUT2D eigenvalue weighted by atomic mass is 9.86. The van der Waals surface area contributed by atoms with Gasteiger partial charge in [0.2, 0.25) is 0 Å². The number of nitrogens with zero attached hydrogens (tertiary/aromatic N) is 2. The summed E-state index contributed by atoms with van der Waals surface area (Å²) in [7, 11) is 3.82. The normalized spacial score (nSPS) is 19.4. The number of pyridine rings is 1. The Morgan fingerprint density at radius 2 is 1.43 bits per heavy atom. The highest BCUT2D eigenvalue weighted by Gasteiger charge is 2.54. The molecule has 2 aromatic rings. The van der Waals surface area contributed by atoms with Gasteiger partial charge in [-0.1, -0.05) is 30.3 Å². The van der Waals surface area contributed by atoms with E-state index in [0.29, 0.717) is 6.54 Å². The summed E-state index contributed by atoms with van der Waals surface area (Å²) >= 11 is 0. The topological polar surface area (TPSA) is 95.0 Å². The second-order valence-electron chi connectivity index (χ2n) is 6.96. The molecule has 154 valence electrons. The number of carbonyl (C=O) groups is 3. The average Bonchev–Trinajstić information content (AvgIpc) is 3.27. The SMILES string of the molecule is COC(=O)C1=C(C(=O)OC)[C@H]2c3cc(C(=O)OC)ncc3[C@@H]1N2Cc1ccccc1. The number of benzene rings is 1. The van der Waals surface area contributed by atoms with Crippen molar-refractivity contribution in [1.82, 2.24) is 9.88 Å². The molecule has 8 heteroatoms. The first-order chi connectivity index (χ1) is 14.5. The maximum atomic E-state index is 12.7. The Labute approximate surface area is 173 Å². The molecule has 0 fully saturated rings. The van der Waals surface area contributed by atoms with Gasteiger partial charge in [-0.25, -0.2) is 19.4 Å². The Kier molecular flexibility index (Phi) is 5.09. The molecule has 8 nitrogen and oxygen atoms in total. The van der Waals surface area contributed by atoms with Crippen molar-refractivity contribution in [3.05, 3.63) is 76.1 Å². The second-order valence-corrected chi connectivity index (χ2v) is 6.96. The van der Waals surface area contributed by atoms with E-state index in [-0.39, 0.29) is 16.8 Å². The van der Waals surface area contributed by atoms with E-state index in [9.17, 15) is 14.4 Å². The van der Waals surface area contributed by atoms with Gasteiger partial charge in [-0.15, -0.1) is 0 Å². The lowest BCUT2D eigenvalue weighted by Crippen LogP contribution is -2.23. The Balaban J connectivity index is 1.87. The van der Waals surface area contributed by atoms with Gasteiger partial charge in [-0.2, -0.15) is 0 Å². The number of hydrogen-bond donors (Lipinski definition) is 0. The van der Waals surface area contributed by atoms with Crippen molar-refractivity contribution in [3.8, 4) is 0 Å². The number of esters is 3. The van der Waals surface area contributed by atoms with Crippen molar-refractivity contribution in [1.29, 1.82) is 0 Å². The third-order valence-electron chi connectivity index (χ3n) is 5.47. The van der Waals surface area contributed by atoms with E-state index in [4.69, 9.17) is 14.2 Å². The Hall–Kier alpha value is -3.52. The zero-order valence-electron chi connectivity index (χ0n) is 16.7. The van der Waals surface area contributed by atoms with Crippen molar-refractivity contribution in [3.63, 3.8) is 0 Å². The summed E-state index contributed by atoms with van der Waals surface area (Å²) in [6.07, 6.45) is 1.56. The summed E-state index contributed by atoms with van der Waals surface area (Å²) in [6.45, 7) is 0.472. The molecule has 1 aromatic heterocycles. The van der Waals surface area contributed by atoms with Gasteiger partial charge in [-0.05, 0) is 22.8 Å². The van der Waals surface area contributed by atoms with Gasteiger partial charge in [0, 0.05) is 12.7 Å². The molecular formula is C22H20N2O6. The summed E-state index contributed by atoms with van der Waals surface area (Å²) in [5.74, 6) is -1.78. The summed E-state index contributed by atoms with van der Waals surface area (Å²) in [6, 6.07) is 10.2. The molecule has 0 spiro atoms. The molecule has 0 amide bonds. The van der Waals surface area contributed by atoms with Gasteiger partial charge in [0.15, 0.2) is 0 Å². The van der Waals surface area contributed by atoms with Crippen LogP contribution >= 0.6 is 0 Å². The van der Waals surface area contributed by atoms with Crippen molar-refractivity contribution in [2.24, 2.45) is 0 Å². The maximum Gasteiger partial charge on any atom is 0.356 e. The van der Waals surface area contributed by atoms with Gasteiger partial charge in [0.05, 0.1) is 44.6 Å². The van der Waals surface area contributed by atoms with Gasteiger partial charge < -0.3 is 14.2 Å². The standard InChI is InChI=1S/C22H20N2O6/c1-28-20(25)15-9-13-14(10-23-15)19-17(22(27)30-3)16(21(26)29-2)18(13)24(19)11-12-7-5-4-6-8-12/h4-10,18-19H,11H2,1-3H3/t18-,19+/m1/s1. The van der Waals surface area contributed by atoms with Gasteiger partial charge in [0.25, 0.3) is 0 Å². The Morgan fingerprint density at radius 3 is 2.00 bits per heavy atom. The van der Waals surface area contributed by atoms with Crippen molar-refractivity contribution >= 4 is 17.9 Å². The largest absolute Gasteiger partial charge is 0.466 e. The molecular weight excluding hydrogens is 388 g/mol. The lowest BCUT2D eigenvalue weighted by molar-refractivity contribution is -0.139. The minimum absolute atomic E-state index is 0.132. The summed E-state index contributed by atoms with van der Waals surface area (Å²) < 4.78 is 14.7. The van der Waals surface area contributed by atoms with Gasteiger partial charge >= 0.3 is 17.9 Å². The fourth-order valence-electron chi connectivity index (χ4n) is 4.25. The van der Waals surface area contributed by atoms with E-state index >= 15 is 0 Å². The Bertz CT molecular complexity index is 1060. The summed E-state index contributed by atoms with van der Waals surface area (Å²) in [4.78, 5) is 43.6. The van der Waals surface area contributed by atoms with Crippen LogP contribution in [-0.4, -0.2) is 49.1 Å². The zero-order chi connectivity index (χ0) is 21.4. The lowest BCUT2D eigenvalue weighted by Gasteiger charge is -2.23. The number of ether oxygens (including phenoxy) is 3. The van der Waals surface area contributed by atoms with E-state index < -0.39 is 30.0 Å². The molecule has 2 aliphatic rings. The molecule has 4 rings (SSSR count).